The molecule has 0 aliphatic heterocycles. The van der Waals surface area contributed by atoms with Gasteiger partial charge in [-0.1, -0.05) is 12.1 Å². The number of methoxy groups -OCH3 is 2. The van der Waals surface area contributed by atoms with E-state index < -0.39 is 53.6 Å². The number of hydrogen-bond acceptors (Lipinski definition) is 13. The van der Waals surface area contributed by atoms with Gasteiger partial charge in [-0.05, 0) is 64.2 Å². The van der Waals surface area contributed by atoms with Crippen LogP contribution in [0.15, 0.2) is 24.3 Å². The van der Waals surface area contributed by atoms with Crippen molar-refractivity contribution in [3.8, 4) is 5.75 Å². The number of ether oxygens (including phenoxy) is 5. The fourth-order valence-corrected chi connectivity index (χ4v) is 4.21. The molecule has 0 unspecified atom stereocenters. The van der Waals surface area contributed by atoms with E-state index in [1.807, 2.05) is 0 Å². The highest BCUT2D eigenvalue weighted by atomic mass is 16.6. The maximum absolute atomic E-state index is 12.6. The van der Waals surface area contributed by atoms with E-state index in [1.54, 1.807) is 45.0 Å². The topological polar surface area (TPSA) is 240 Å². The van der Waals surface area contributed by atoms with Crippen molar-refractivity contribution in [1.82, 2.24) is 21.3 Å². The second-order valence-corrected chi connectivity index (χ2v) is 11.8. The normalized spacial score (nSPS) is 12.6. The number of benzene rings is 1. The summed E-state index contributed by atoms with van der Waals surface area (Å²) in [7, 11) is 2.36. The van der Waals surface area contributed by atoms with Gasteiger partial charge < -0.3 is 50.7 Å². The zero-order valence-electron chi connectivity index (χ0n) is 28.7. The third-order valence-corrected chi connectivity index (χ3v) is 6.60. The largest absolute Gasteiger partial charge is 0.484 e. The Kier molecular flexibility index (Phi) is 19.4. The summed E-state index contributed by atoms with van der Waals surface area (Å²) in [6.07, 6.45) is 1.46. The van der Waals surface area contributed by atoms with E-state index in [0.717, 1.165) is 12.7 Å². The van der Waals surface area contributed by atoms with E-state index in [0.29, 0.717) is 31.6 Å². The van der Waals surface area contributed by atoms with E-state index in [1.165, 1.54) is 7.11 Å². The van der Waals surface area contributed by atoms with Gasteiger partial charge in [0.25, 0.3) is 12.4 Å². The van der Waals surface area contributed by atoms with Crippen molar-refractivity contribution < 1.29 is 57.2 Å². The molecule has 4 amide bonds. The van der Waals surface area contributed by atoms with Crippen LogP contribution in [0.25, 0.3) is 0 Å². The number of carbonyl (C=O) groups excluding carboxylic acids is 7. The highest BCUT2D eigenvalue weighted by Crippen LogP contribution is 2.16. The molecule has 6 N–H and O–H groups in total. The minimum atomic E-state index is -1.10. The van der Waals surface area contributed by atoms with Crippen LogP contribution >= 0.6 is 0 Å². The van der Waals surface area contributed by atoms with Crippen molar-refractivity contribution in [3.05, 3.63) is 29.8 Å². The first-order valence-electron chi connectivity index (χ1n) is 15.7. The standard InChI is InChI=1S/C32H49N5O12/c1-32(2,3)49-30(43)25(36-26(39)17-33)16-21-9-11-23(12-10-21)48-19-27(40)34-15-7-6-8-22(18-47-20-38)35-31(44)37-24(29(42)46-5)13-14-28(41)45-4/h9-12,20,22,24-25H,6-8,13-19,33H2,1-5H3,(H,34,40)(H,36,39)(H2,35,37,44)/t22-,24-,25-/m0/s1. The number of nitrogens with one attached hydrogen (secondary N) is 4. The van der Waals surface area contributed by atoms with E-state index in [4.69, 9.17) is 19.9 Å². The monoisotopic (exact) mass is 695 g/mol. The van der Waals surface area contributed by atoms with E-state index in [9.17, 15) is 33.6 Å². The van der Waals surface area contributed by atoms with Gasteiger partial charge >= 0.3 is 23.9 Å². The van der Waals surface area contributed by atoms with Gasteiger partial charge in [0.15, 0.2) is 6.61 Å². The molecule has 274 valence electrons. The number of urea groups is 1. The Bertz CT molecular complexity index is 1240. The highest BCUT2D eigenvalue weighted by molar-refractivity contribution is 5.86. The van der Waals surface area contributed by atoms with Crippen LogP contribution in [0.5, 0.6) is 5.75 Å². The van der Waals surface area contributed by atoms with Crippen molar-refractivity contribution in [1.29, 1.82) is 0 Å². The average molecular weight is 696 g/mol. The molecule has 0 heterocycles. The summed E-state index contributed by atoms with van der Waals surface area (Å²) >= 11 is 0. The van der Waals surface area contributed by atoms with E-state index in [2.05, 4.69) is 30.7 Å². The summed E-state index contributed by atoms with van der Waals surface area (Å²) in [5, 5.41) is 10.4. The van der Waals surface area contributed by atoms with Gasteiger partial charge in [-0.15, -0.1) is 0 Å². The molecule has 49 heavy (non-hydrogen) atoms. The van der Waals surface area contributed by atoms with Crippen molar-refractivity contribution in [3.63, 3.8) is 0 Å². The molecular weight excluding hydrogens is 646 g/mol. The second-order valence-electron chi connectivity index (χ2n) is 11.8. The molecule has 0 aromatic heterocycles. The number of rotatable bonds is 22. The number of amides is 4. The first-order valence-corrected chi connectivity index (χ1v) is 15.7. The number of hydrogen-bond donors (Lipinski definition) is 5. The van der Waals surface area contributed by atoms with Gasteiger partial charge in [0, 0.05) is 19.4 Å². The first-order chi connectivity index (χ1) is 23.2. The molecule has 17 heteroatoms. The Morgan fingerprint density at radius 3 is 2.14 bits per heavy atom. The lowest BCUT2D eigenvalue weighted by molar-refractivity contribution is -0.158. The summed E-state index contributed by atoms with van der Waals surface area (Å²) in [5.74, 6) is -2.32. The lowest BCUT2D eigenvalue weighted by atomic mass is 10.1. The fourth-order valence-electron chi connectivity index (χ4n) is 4.21. The zero-order chi connectivity index (χ0) is 36.8. The summed E-state index contributed by atoms with van der Waals surface area (Å²) in [5.41, 5.74) is 5.36. The van der Waals surface area contributed by atoms with Crippen LogP contribution in [0.4, 0.5) is 4.79 Å². The predicted molar refractivity (Wildman–Crippen MR) is 174 cm³/mol. The van der Waals surface area contributed by atoms with Crippen LogP contribution in [0.2, 0.25) is 0 Å². The molecule has 0 fully saturated rings. The molecule has 1 aromatic carbocycles. The van der Waals surface area contributed by atoms with Gasteiger partial charge in [-0.25, -0.2) is 14.4 Å². The van der Waals surface area contributed by atoms with Crippen LogP contribution in [0, 0.1) is 0 Å². The highest BCUT2D eigenvalue weighted by Gasteiger charge is 2.27. The average Bonchev–Trinajstić information content (AvgIpc) is 3.06. The predicted octanol–water partition coefficient (Wildman–Crippen LogP) is 0.0152. The Morgan fingerprint density at radius 2 is 1.55 bits per heavy atom. The maximum atomic E-state index is 12.6. The van der Waals surface area contributed by atoms with E-state index >= 15 is 0 Å². The quantitative estimate of drug-likeness (QED) is 0.0466. The van der Waals surface area contributed by atoms with Crippen LogP contribution in [-0.4, -0.2) is 106 Å². The SMILES string of the molecule is COC(=O)CC[C@H](NC(=O)N[C@@H](CCCCNC(=O)COc1ccc(C[C@H](NC(=O)CN)C(=O)OC(C)(C)C)cc1)COC=O)C(=O)OC. The van der Waals surface area contributed by atoms with Crippen molar-refractivity contribution >= 4 is 42.2 Å². The third-order valence-electron chi connectivity index (χ3n) is 6.60. The maximum Gasteiger partial charge on any atom is 0.329 e. The van der Waals surface area contributed by atoms with Gasteiger partial charge in [-0.2, -0.15) is 0 Å². The molecule has 0 aliphatic carbocycles. The Morgan fingerprint density at radius 1 is 0.857 bits per heavy atom. The summed E-state index contributed by atoms with van der Waals surface area (Å²) < 4.78 is 25.0. The molecule has 0 aliphatic rings. The first kappa shape index (κ1) is 42.1. The Hall–Kier alpha value is -4.93. The van der Waals surface area contributed by atoms with Crippen LogP contribution in [-0.2, 0) is 54.1 Å². The number of unbranched alkanes of at least 4 members (excludes halogenated alkanes) is 1. The molecular formula is C32H49N5O12. The molecule has 1 aromatic rings. The second kappa shape index (κ2) is 22.6. The third kappa shape index (κ3) is 18.9. The molecule has 17 nitrogen and oxygen atoms in total. The molecule has 0 saturated carbocycles. The minimum Gasteiger partial charge on any atom is -0.484 e. The van der Waals surface area contributed by atoms with Crippen LogP contribution in [0.1, 0.15) is 58.4 Å². The van der Waals surface area contributed by atoms with Crippen molar-refractivity contribution in [2.24, 2.45) is 5.73 Å². The Balaban J connectivity index is 2.52. The van der Waals surface area contributed by atoms with Gasteiger partial charge in [-0.3, -0.25) is 19.2 Å². The summed E-state index contributed by atoms with van der Waals surface area (Å²) in [6, 6.07) is 3.33. The zero-order valence-corrected chi connectivity index (χ0v) is 28.7. The van der Waals surface area contributed by atoms with Gasteiger partial charge in [0.2, 0.25) is 5.91 Å². The number of nitrogens with two attached hydrogens (primary N) is 1. The lowest BCUT2D eigenvalue weighted by Gasteiger charge is -2.24. The Labute approximate surface area is 285 Å². The molecule has 0 saturated heterocycles. The smallest absolute Gasteiger partial charge is 0.329 e. The lowest BCUT2D eigenvalue weighted by Crippen LogP contribution is -2.50. The van der Waals surface area contributed by atoms with Crippen molar-refractivity contribution in [2.75, 3.05) is 40.5 Å². The molecule has 0 spiro atoms. The van der Waals surface area contributed by atoms with E-state index in [-0.39, 0.29) is 51.4 Å². The molecule has 3 atom stereocenters. The fraction of sp³-hybridized carbons (Fsp3) is 0.594. The molecule has 1 rings (SSSR count). The summed E-state index contributed by atoms with van der Waals surface area (Å²) in [6.45, 7) is 5.09. The summed E-state index contributed by atoms with van der Waals surface area (Å²) in [4.78, 5) is 83.4. The van der Waals surface area contributed by atoms with Crippen LogP contribution in [0.3, 0.4) is 0 Å². The van der Waals surface area contributed by atoms with Crippen molar-refractivity contribution in [2.45, 2.75) is 83.0 Å². The number of esters is 3. The molecule has 0 bridgehead atoms. The molecule has 0 radical (unpaired) electrons. The van der Waals surface area contributed by atoms with Gasteiger partial charge in [0.05, 0.1) is 26.8 Å². The minimum absolute atomic E-state index is 0.0379. The van der Waals surface area contributed by atoms with Gasteiger partial charge in [0.1, 0.15) is 30.0 Å². The number of carbonyl (C=O) groups is 7. The van der Waals surface area contributed by atoms with Crippen LogP contribution < -0.4 is 31.7 Å².